The lowest BCUT2D eigenvalue weighted by atomic mass is 10.0. The monoisotopic (exact) mass is 390 g/mol. The highest BCUT2D eigenvalue weighted by molar-refractivity contribution is 14.1. The highest BCUT2D eigenvalue weighted by atomic mass is 127. The van der Waals surface area contributed by atoms with Crippen LogP contribution in [0.25, 0.3) is 0 Å². The van der Waals surface area contributed by atoms with Gasteiger partial charge in [-0.2, -0.15) is 0 Å². The number of aliphatic hydroxyl groups excluding tert-OH is 1. The van der Waals surface area contributed by atoms with E-state index in [1.807, 2.05) is 47.7 Å². The molecule has 0 fully saturated rings. The first-order chi connectivity index (χ1) is 8.97. The van der Waals surface area contributed by atoms with Crippen LogP contribution in [0.4, 0.5) is 4.39 Å². The van der Waals surface area contributed by atoms with E-state index in [1.54, 1.807) is 6.07 Å². The minimum atomic E-state index is -0.687. The summed E-state index contributed by atoms with van der Waals surface area (Å²) >= 11 is 8.18. The third kappa shape index (κ3) is 3.68. The Morgan fingerprint density at radius 3 is 2.63 bits per heavy atom. The molecule has 100 valence electrons. The van der Waals surface area contributed by atoms with Crippen LogP contribution >= 0.6 is 34.2 Å². The van der Waals surface area contributed by atoms with Crippen LogP contribution in [-0.4, -0.2) is 5.11 Å². The summed E-state index contributed by atoms with van der Waals surface area (Å²) in [5.41, 5.74) is 2.69. The molecule has 4 heteroatoms. The standard InChI is InChI=1S/C15H13ClFIO/c1-9-2-3-10(13(16)6-9)7-15(19)12-5-4-11(17)8-14(12)18/h2-6,8,15,19H,7H2,1H3. The fraction of sp³-hybridized carbons (Fsp3) is 0.200. The zero-order valence-electron chi connectivity index (χ0n) is 10.3. The fourth-order valence-electron chi connectivity index (χ4n) is 1.91. The zero-order chi connectivity index (χ0) is 14.0. The highest BCUT2D eigenvalue weighted by Crippen LogP contribution is 2.27. The van der Waals surface area contributed by atoms with E-state index < -0.39 is 6.10 Å². The van der Waals surface area contributed by atoms with Gasteiger partial charge in [0.25, 0.3) is 0 Å². The van der Waals surface area contributed by atoms with Gasteiger partial charge in [-0.25, -0.2) is 4.39 Å². The maximum atomic E-state index is 13.0. The molecule has 0 saturated carbocycles. The second kappa shape index (κ2) is 6.20. The Morgan fingerprint density at radius 1 is 1.26 bits per heavy atom. The number of rotatable bonds is 3. The Bertz CT molecular complexity index is 601. The lowest BCUT2D eigenvalue weighted by Gasteiger charge is -2.14. The number of hydrogen-bond donors (Lipinski definition) is 1. The topological polar surface area (TPSA) is 20.2 Å². The summed E-state index contributed by atoms with van der Waals surface area (Å²) in [6.07, 6.45) is -0.270. The number of aryl methyl sites for hydroxylation is 1. The van der Waals surface area contributed by atoms with Gasteiger partial charge < -0.3 is 5.11 Å². The highest BCUT2D eigenvalue weighted by Gasteiger charge is 2.14. The van der Waals surface area contributed by atoms with Crippen LogP contribution in [0.3, 0.4) is 0 Å². The van der Waals surface area contributed by atoms with E-state index in [0.29, 0.717) is 15.0 Å². The summed E-state index contributed by atoms with van der Waals surface area (Å²) in [5, 5.41) is 10.9. The van der Waals surface area contributed by atoms with Crippen molar-refractivity contribution in [1.82, 2.24) is 0 Å². The smallest absolute Gasteiger partial charge is 0.124 e. The van der Waals surface area contributed by atoms with Gasteiger partial charge in [-0.1, -0.05) is 29.8 Å². The summed E-state index contributed by atoms with van der Waals surface area (Å²) in [4.78, 5) is 0. The van der Waals surface area contributed by atoms with Crippen LogP contribution in [0, 0.1) is 16.3 Å². The molecule has 0 aliphatic carbocycles. The summed E-state index contributed by atoms with van der Waals surface area (Å²) in [6, 6.07) is 10.1. The molecule has 19 heavy (non-hydrogen) atoms. The fourth-order valence-corrected chi connectivity index (χ4v) is 3.06. The molecule has 0 saturated heterocycles. The zero-order valence-corrected chi connectivity index (χ0v) is 13.2. The Morgan fingerprint density at radius 2 is 2.00 bits per heavy atom. The van der Waals surface area contributed by atoms with Gasteiger partial charge in [-0.05, 0) is 64.4 Å². The van der Waals surface area contributed by atoms with Crippen LogP contribution in [0.15, 0.2) is 36.4 Å². The SMILES string of the molecule is Cc1ccc(CC(O)c2ccc(F)cc2I)c(Cl)c1. The molecule has 1 atom stereocenters. The predicted octanol–water partition coefficient (Wildman–Crippen LogP) is 4.67. The molecular formula is C15H13ClFIO. The number of halogens is 3. The van der Waals surface area contributed by atoms with Gasteiger partial charge in [0.15, 0.2) is 0 Å². The summed E-state index contributed by atoms with van der Waals surface area (Å²) in [6.45, 7) is 1.97. The normalized spacial score (nSPS) is 12.5. The number of benzene rings is 2. The minimum Gasteiger partial charge on any atom is -0.388 e. The molecule has 2 aromatic rings. The summed E-state index contributed by atoms with van der Waals surface area (Å²) in [7, 11) is 0. The Balaban J connectivity index is 2.23. The first-order valence-corrected chi connectivity index (χ1v) is 7.31. The lowest BCUT2D eigenvalue weighted by molar-refractivity contribution is 0.177. The van der Waals surface area contributed by atoms with E-state index in [-0.39, 0.29) is 5.82 Å². The molecule has 0 amide bonds. The molecule has 0 spiro atoms. The van der Waals surface area contributed by atoms with E-state index in [9.17, 15) is 9.50 Å². The first kappa shape index (κ1) is 14.8. The van der Waals surface area contributed by atoms with Gasteiger partial charge in [0.05, 0.1) is 6.10 Å². The van der Waals surface area contributed by atoms with Crippen molar-refractivity contribution in [3.8, 4) is 0 Å². The van der Waals surface area contributed by atoms with Crippen LogP contribution < -0.4 is 0 Å². The van der Waals surface area contributed by atoms with Crippen LogP contribution in [-0.2, 0) is 6.42 Å². The first-order valence-electron chi connectivity index (χ1n) is 5.85. The molecule has 1 nitrogen and oxygen atoms in total. The van der Waals surface area contributed by atoms with Crippen molar-refractivity contribution in [3.63, 3.8) is 0 Å². The van der Waals surface area contributed by atoms with Crippen molar-refractivity contribution in [2.45, 2.75) is 19.4 Å². The van der Waals surface area contributed by atoms with Crippen molar-refractivity contribution in [2.75, 3.05) is 0 Å². The van der Waals surface area contributed by atoms with E-state index in [0.717, 1.165) is 16.7 Å². The molecule has 2 aromatic carbocycles. The molecule has 2 rings (SSSR count). The van der Waals surface area contributed by atoms with Crippen molar-refractivity contribution >= 4 is 34.2 Å². The quantitative estimate of drug-likeness (QED) is 0.755. The van der Waals surface area contributed by atoms with E-state index >= 15 is 0 Å². The van der Waals surface area contributed by atoms with Gasteiger partial charge in [0.2, 0.25) is 0 Å². The third-order valence-corrected chi connectivity index (χ3v) is 4.23. The van der Waals surface area contributed by atoms with Crippen molar-refractivity contribution in [1.29, 1.82) is 0 Å². The van der Waals surface area contributed by atoms with Crippen LogP contribution in [0.1, 0.15) is 22.8 Å². The molecule has 0 radical (unpaired) electrons. The van der Waals surface area contributed by atoms with Gasteiger partial charge in [-0.15, -0.1) is 0 Å². The average molecular weight is 391 g/mol. The van der Waals surface area contributed by atoms with Gasteiger partial charge in [-0.3, -0.25) is 0 Å². The molecule has 0 heterocycles. The average Bonchev–Trinajstić information content (AvgIpc) is 2.32. The Hall–Kier alpha value is -0.650. The maximum absolute atomic E-state index is 13.0. The molecule has 0 aliphatic rings. The van der Waals surface area contributed by atoms with Gasteiger partial charge in [0.1, 0.15) is 5.82 Å². The Labute approximate surface area is 130 Å². The van der Waals surface area contributed by atoms with Gasteiger partial charge in [0, 0.05) is 15.0 Å². The molecule has 0 aliphatic heterocycles. The number of hydrogen-bond acceptors (Lipinski definition) is 1. The lowest BCUT2D eigenvalue weighted by Crippen LogP contribution is -2.05. The second-order valence-electron chi connectivity index (χ2n) is 4.48. The molecule has 0 bridgehead atoms. The summed E-state index contributed by atoms with van der Waals surface area (Å²) < 4.78 is 13.8. The van der Waals surface area contributed by atoms with Crippen LogP contribution in [0.2, 0.25) is 5.02 Å². The molecular weight excluding hydrogens is 378 g/mol. The molecule has 1 unspecified atom stereocenters. The van der Waals surface area contributed by atoms with E-state index in [2.05, 4.69) is 0 Å². The second-order valence-corrected chi connectivity index (χ2v) is 6.05. The van der Waals surface area contributed by atoms with Crippen molar-refractivity contribution < 1.29 is 9.50 Å². The molecule has 1 N–H and O–H groups in total. The predicted molar refractivity (Wildman–Crippen MR) is 84.0 cm³/mol. The van der Waals surface area contributed by atoms with Crippen molar-refractivity contribution in [3.05, 3.63) is 67.5 Å². The summed E-state index contributed by atoms with van der Waals surface area (Å²) in [5.74, 6) is -0.297. The van der Waals surface area contributed by atoms with Crippen molar-refractivity contribution in [2.24, 2.45) is 0 Å². The largest absolute Gasteiger partial charge is 0.388 e. The third-order valence-electron chi connectivity index (χ3n) is 2.94. The maximum Gasteiger partial charge on any atom is 0.124 e. The molecule has 0 aromatic heterocycles. The van der Waals surface area contributed by atoms with E-state index in [1.165, 1.54) is 12.1 Å². The Kier molecular flexibility index (Phi) is 4.81. The van der Waals surface area contributed by atoms with Gasteiger partial charge >= 0.3 is 0 Å². The minimum absolute atomic E-state index is 0.297. The van der Waals surface area contributed by atoms with Crippen LogP contribution in [0.5, 0.6) is 0 Å². The number of aliphatic hydroxyl groups is 1. The van der Waals surface area contributed by atoms with E-state index in [4.69, 9.17) is 11.6 Å².